The lowest BCUT2D eigenvalue weighted by Crippen LogP contribution is -2.39. The molecule has 1 amide bonds. The van der Waals surface area contributed by atoms with Gasteiger partial charge < -0.3 is 5.32 Å². The number of carbonyl (C=O) groups is 1. The Bertz CT molecular complexity index is 1160. The molecular weight excluding hydrogens is 430 g/mol. The Balaban J connectivity index is 1.91. The van der Waals surface area contributed by atoms with Gasteiger partial charge in [0.1, 0.15) is 5.69 Å². The molecule has 168 valence electrons. The number of carbonyl (C=O) groups excluding carboxylic acids is 1. The number of nitrogens with one attached hydrogen (secondary N) is 1. The van der Waals surface area contributed by atoms with Gasteiger partial charge in [-0.15, -0.1) is 0 Å². The maximum Gasteiger partial charge on any atom is 0.294 e. The molecule has 3 aromatic rings. The van der Waals surface area contributed by atoms with E-state index < -0.39 is 16.3 Å². The summed E-state index contributed by atoms with van der Waals surface area (Å²) >= 11 is 1.58. The molecule has 1 aromatic carbocycles. The predicted octanol–water partition coefficient (Wildman–Crippen LogP) is 3.32. The van der Waals surface area contributed by atoms with Crippen LogP contribution in [0.25, 0.3) is 5.69 Å². The molecule has 9 nitrogen and oxygen atoms in total. The SMILES string of the molecule is CCN(CC)C(CNC(=O)c1nn(-c2ccccc2[N+](=O)[O-])c(C)cc1=O)c1ccsc1. The molecule has 0 aliphatic carbocycles. The second kappa shape index (κ2) is 10.3. The smallest absolute Gasteiger partial charge is 0.294 e. The van der Waals surface area contributed by atoms with Crippen LogP contribution >= 0.6 is 11.3 Å². The normalized spacial score (nSPS) is 12.0. The van der Waals surface area contributed by atoms with Crippen LogP contribution < -0.4 is 10.7 Å². The molecule has 0 fully saturated rings. The summed E-state index contributed by atoms with van der Waals surface area (Å²) in [6.45, 7) is 7.63. The molecule has 1 atom stereocenters. The van der Waals surface area contributed by atoms with E-state index in [0.29, 0.717) is 12.2 Å². The Morgan fingerprint density at radius 2 is 2.00 bits per heavy atom. The van der Waals surface area contributed by atoms with Gasteiger partial charge >= 0.3 is 0 Å². The van der Waals surface area contributed by atoms with Crippen molar-refractivity contribution in [1.82, 2.24) is 20.0 Å². The minimum Gasteiger partial charge on any atom is -0.349 e. The van der Waals surface area contributed by atoms with E-state index in [2.05, 4.69) is 29.2 Å². The summed E-state index contributed by atoms with van der Waals surface area (Å²) in [4.78, 5) is 38.6. The van der Waals surface area contributed by atoms with E-state index in [1.54, 1.807) is 30.4 Å². The van der Waals surface area contributed by atoms with Crippen LogP contribution in [0.4, 0.5) is 5.69 Å². The van der Waals surface area contributed by atoms with E-state index >= 15 is 0 Å². The lowest BCUT2D eigenvalue weighted by molar-refractivity contribution is -0.384. The molecule has 1 unspecified atom stereocenters. The highest BCUT2D eigenvalue weighted by Crippen LogP contribution is 2.23. The van der Waals surface area contributed by atoms with Crippen molar-refractivity contribution in [3.8, 4) is 5.69 Å². The molecule has 0 aliphatic rings. The van der Waals surface area contributed by atoms with E-state index in [9.17, 15) is 19.7 Å². The number of benzene rings is 1. The van der Waals surface area contributed by atoms with Gasteiger partial charge in [-0.1, -0.05) is 26.0 Å². The number of nitrogens with zero attached hydrogens (tertiary/aromatic N) is 4. The maximum absolute atomic E-state index is 12.9. The van der Waals surface area contributed by atoms with E-state index in [1.165, 1.54) is 22.9 Å². The largest absolute Gasteiger partial charge is 0.349 e. The summed E-state index contributed by atoms with van der Waals surface area (Å²) in [6.07, 6.45) is 0. The van der Waals surface area contributed by atoms with Gasteiger partial charge in [-0.25, -0.2) is 4.68 Å². The van der Waals surface area contributed by atoms with E-state index in [1.807, 2.05) is 16.8 Å². The lowest BCUT2D eigenvalue weighted by atomic mass is 10.1. The van der Waals surface area contributed by atoms with E-state index in [0.717, 1.165) is 18.7 Å². The highest BCUT2D eigenvalue weighted by molar-refractivity contribution is 7.08. The zero-order chi connectivity index (χ0) is 23.3. The Labute approximate surface area is 189 Å². The first-order chi connectivity index (χ1) is 15.4. The number of hydrogen-bond donors (Lipinski definition) is 1. The monoisotopic (exact) mass is 455 g/mol. The van der Waals surface area contributed by atoms with Crippen molar-refractivity contribution in [3.63, 3.8) is 0 Å². The van der Waals surface area contributed by atoms with Crippen LogP contribution in [0.1, 0.15) is 41.6 Å². The van der Waals surface area contributed by atoms with Gasteiger partial charge in [0.2, 0.25) is 5.43 Å². The van der Waals surface area contributed by atoms with Crippen molar-refractivity contribution in [3.05, 3.63) is 84.4 Å². The average Bonchev–Trinajstić information content (AvgIpc) is 3.31. The fourth-order valence-corrected chi connectivity index (χ4v) is 4.31. The fourth-order valence-electron chi connectivity index (χ4n) is 3.61. The molecule has 32 heavy (non-hydrogen) atoms. The Morgan fingerprint density at radius 1 is 1.28 bits per heavy atom. The molecule has 0 spiro atoms. The first-order valence-corrected chi connectivity index (χ1v) is 11.2. The molecule has 0 saturated carbocycles. The van der Waals surface area contributed by atoms with Gasteiger partial charge in [-0.3, -0.25) is 24.6 Å². The summed E-state index contributed by atoms with van der Waals surface area (Å²) in [5.41, 5.74) is 0.649. The number of aryl methyl sites for hydroxylation is 1. The van der Waals surface area contributed by atoms with Crippen molar-refractivity contribution >= 4 is 22.9 Å². The summed E-state index contributed by atoms with van der Waals surface area (Å²) in [5, 5.41) is 22.5. The Hall–Kier alpha value is -3.37. The summed E-state index contributed by atoms with van der Waals surface area (Å²) in [6, 6.07) is 9.30. The number of rotatable bonds is 9. The van der Waals surface area contributed by atoms with Crippen LogP contribution in [0.5, 0.6) is 0 Å². The van der Waals surface area contributed by atoms with Crippen molar-refractivity contribution in [2.45, 2.75) is 26.8 Å². The van der Waals surface area contributed by atoms with Gasteiger partial charge in [-0.2, -0.15) is 16.4 Å². The van der Waals surface area contributed by atoms with Crippen LogP contribution in [-0.4, -0.2) is 45.1 Å². The summed E-state index contributed by atoms with van der Waals surface area (Å²) in [7, 11) is 0. The second-order valence-electron chi connectivity index (χ2n) is 7.16. The second-order valence-corrected chi connectivity index (χ2v) is 7.94. The quantitative estimate of drug-likeness (QED) is 0.391. The van der Waals surface area contributed by atoms with Crippen molar-refractivity contribution in [1.29, 1.82) is 0 Å². The molecular formula is C22H25N5O4S. The third kappa shape index (κ3) is 4.92. The van der Waals surface area contributed by atoms with Gasteiger partial charge in [0.15, 0.2) is 5.69 Å². The minimum atomic E-state index is -0.616. The molecule has 0 radical (unpaired) electrons. The van der Waals surface area contributed by atoms with Crippen molar-refractivity contribution < 1.29 is 9.72 Å². The number of thiophene rings is 1. The molecule has 0 bridgehead atoms. The predicted molar refractivity (Wildman–Crippen MR) is 124 cm³/mol. The molecule has 0 saturated heterocycles. The summed E-state index contributed by atoms with van der Waals surface area (Å²) < 4.78 is 1.26. The third-order valence-corrected chi connectivity index (χ3v) is 5.97. The maximum atomic E-state index is 12.9. The highest BCUT2D eigenvalue weighted by Gasteiger charge is 2.23. The van der Waals surface area contributed by atoms with Gasteiger partial charge in [0.25, 0.3) is 11.6 Å². The van der Waals surface area contributed by atoms with Crippen LogP contribution in [0, 0.1) is 17.0 Å². The Kier molecular flexibility index (Phi) is 7.49. The number of nitro benzene ring substituents is 1. The lowest BCUT2D eigenvalue weighted by Gasteiger charge is -2.29. The number of para-hydroxylation sites is 2. The van der Waals surface area contributed by atoms with Crippen LogP contribution in [-0.2, 0) is 0 Å². The first-order valence-electron chi connectivity index (χ1n) is 10.3. The molecule has 1 N–H and O–H groups in total. The molecule has 10 heteroatoms. The van der Waals surface area contributed by atoms with Crippen molar-refractivity contribution in [2.24, 2.45) is 0 Å². The highest BCUT2D eigenvalue weighted by atomic mass is 32.1. The van der Waals surface area contributed by atoms with Crippen molar-refractivity contribution in [2.75, 3.05) is 19.6 Å². The average molecular weight is 456 g/mol. The van der Waals surface area contributed by atoms with Crippen LogP contribution in [0.15, 0.2) is 52.0 Å². The molecule has 3 rings (SSSR count). The minimum absolute atomic E-state index is 0.0388. The van der Waals surface area contributed by atoms with E-state index in [4.69, 9.17) is 0 Å². The number of amides is 1. The van der Waals surface area contributed by atoms with Gasteiger partial charge in [0.05, 0.1) is 11.0 Å². The molecule has 0 aliphatic heterocycles. The zero-order valence-corrected chi connectivity index (χ0v) is 19.0. The van der Waals surface area contributed by atoms with Crippen LogP contribution in [0.3, 0.4) is 0 Å². The fraction of sp³-hybridized carbons (Fsp3) is 0.318. The van der Waals surface area contributed by atoms with Crippen LogP contribution in [0.2, 0.25) is 0 Å². The first kappa shape index (κ1) is 23.3. The molecule has 2 aromatic heterocycles. The zero-order valence-electron chi connectivity index (χ0n) is 18.1. The number of nitro groups is 1. The summed E-state index contributed by atoms with van der Waals surface area (Å²) in [5.74, 6) is -0.616. The number of likely N-dealkylation sites (N-methyl/N-ethyl adjacent to an activating group) is 1. The number of aromatic nitrogens is 2. The van der Waals surface area contributed by atoms with E-state index in [-0.39, 0.29) is 23.1 Å². The Morgan fingerprint density at radius 3 is 2.62 bits per heavy atom. The number of hydrogen-bond acceptors (Lipinski definition) is 7. The third-order valence-electron chi connectivity index (χ3n) is 5.27. The molecule has 2 heterocycles. The standard InChI is InChI=1S/C22H25N5O4S/c1-4-25(5-2)19(16-10-11-32-14-16)13-23-22(29)21-20(28)12-15(3)26(24-21)17-8-6-7-9-18(17)27(30)31/h6-12,14,19H,4-5,13H2,1-3H3,(H,23,29). The van der Waals surface area contributed by atoms with Gasteiger partial charge in [0, 0.05) is 24.4 Å². The topological polar surface area (TPSA) is 110 Å². The van der Waals surface area contributed by atoms with Gasteiger partial charge in [-0.05, 0) is 48.5 Å².